The molecule has 0 fully saturated rings. The molecule has 43 heavy (non-hydrogen) atoms. The van der Waals surface area contributed by atoms with Crippen LogP contribution in [0.5, 0.6) is 17.2 Å². The summed E-state index contributed by atoms with van der Waals surface area (Å²) in [6.45, 7) is 1.04. The summed E-state index contributed by atoms with van der Waals surface area (Å²) >= 11 is 0. The first-order chi connectivity index (χ1) is 21.0. The number of carbonyl (C=O) groups is 1. The van der Waals surface area contributed by atoms with Crippen molar-refractivity contribution in [1.29, 1.82) is 0 Å². The summed E-state index contributed by atoms with van der Waals surface area (Å²) < 4.78 is 23.3. The van der Waals surface area contributed by atoms with Gasteiger partial charge in [0.05, 0.1) is 18.2 Å². The van der Waals surface area contributed by atoms with E-state index in [1.165, 1.54) is 0 Å². The summed E-state index contributed by atoms with van der Waals surface area (Å²) in [7, 11) is 1.59. The number of esters is 1. The second-order valence-corrected chi connectivity index (χ2v) is 9.59. The van der Waals surface area contributed by atoms with E-state index >= 15 is 0 Å². The Morgan fingerprint density at radius 1 is 0.884 bits per heavy atom. The zero-order valence-electron chi connectivity index (χ0n) is 23.5. The molecule has 0 saturated carbocycles. The number of para-hydroxylation sites is 3. The Morgan fingerprint density at radius 3 is 2.40 bits per heavy atom. The number of aromatic nitrogens is 1. The Bertz CT molecular complexity index is 1690. The molecule has 5 aromatic rings. The van der Waals surface area contributed by atoms with Gasteiger partial charge in [0.15, 0.2) is 11.5 Å². The fourth-order valence-electron chi connectivity index (χ4n) is 4.62. The molecule has 1 unspecified atom stereocenters. The Kier molecular flexibility index (Phi) is 9.55. The van der Waals surface area contributed by atoms with E-state index in [-0.39, 0.29) is 13.2 Å². The van der Waals surface area contributed by atoms with Gasteiger partial charge in [0.2, 0.25) is 0 Å². The van der Waals surface area contributed by atoms with Crippen molar-refractivity contribution in [1.82, 2.24) is 10.3 Å². The van der Waals surface area contributed by atoms with Gasteiger partial charge in [-0.2, -0.15) is 0 Å². The van der Waals surface area contributed by atoms with Gasteiger partial charge in [0.1, 0.15) is 31.7 Å². The molecule has 0 spiro atoms. The van der Waals surface area contributed by atoms with Gasteiger partial charge in [-0.15, -0.1) is 10.1 Å². The van der Waals surface area contributed by atoms with E-state index in [2.05, 4.69) is 15.1 Å². The van der Waals surface area contributed by atoms with Crippen LogP contribution in [0, 0.1) is 10.1 Å². The molecule has 0 aliphatic heterocycles. The minimum atomic E-state index is -0.863. The molecule has 11 heteroatoms. The third-order valence-corrected chi connectivity index (χ3v) is 6.69. The first-order valence-electron chi connectivity index (χ1n) is 13.7. The number of hydrogen-bond acceptors (Lipinski definition) is 9. The number of nitrogens with one attached hydrogen (secondary N) is 2. The summed E-state index contributed by atoms with van der Waals surface area (Å²) in [5.74, 6) is 1.40. The number of aromatic amines is 1. The largest absolute Gasteiger partial charge is 0.493 e. The Labute approximate surface area is 247 Å². The summed E-state index contributed by atoms with van der Waals surface area (Å²) in [5, 5.41) is 14.9. The number of benzene rings is 4. The maximum Gasteiger partial charge on any atom is 0.338 e. The monoisotopic (exact) mass is 585 g/mol. The molecule has 1 aromatic heterocycles. The number of nitrogens with zero attached hydrogens (tertiary/aromatic N) is 1. The van der Waals surface area contributed by atoms with Gasteiger partial charge in [-0.3, -0.25) is 0 Å². The molecular weight excluding hydrogens is 554 g/mol. The van der Waals surface area contributed by atoms with Crippen LogP contribution in [0.15, 0.2) is 91.0 Å². The molecule has 0 aliphatic carbocycles. The van der Waals surface area contributed by atoms with Crippen LogP contribution in [0.4, 0.5) is 0 Å². The third kappa shape index (κ3) is 7.52. The quantitative estimate of drug-likeness (QED) is 0.0725. The minimum Gasteiger partial charge on any atom is -0.493 e. The maximum absolute atomic E-state index is 13.0. The van der Waals surface area contributed by atoms with E-state index in [4.69, 9.17) is 18.9 Å². The van der Waals surface area contributed by atoms with Crippen LogP contribution in [0.3, 0.4) is 0 Å². The van der Waals surface area contributed by atoms with Crippen LogP contribution >= 0.6 is 0 Å². The molecule has 0 radical (unpaired) electrons. The van der Waals surface area contributed by atoms with E-state index < -0.39 is 17.2 Å². The van der Waals surface area contributed by atoms with E-state index in [0.29, 0.717) is 48.1 Å². The smallest absolute Gasteiger partial charge is 0.338 e. The van der Waals surface area contributed by atoms with Gasteiger partial charge in [0.25, 0.3) is 5.09 Å². The SMILES string of the molecule is COc1ccccc1OCCNCC(COc1cccc2[nH]c3ccccc3c12)OC(=O)c1ccc(CO[N+](=O)[O-])cc1. The molecule has 0 amide bonds. The van der Waals surface area contributed by atoms with E-state index in [1.54, 1.807) is 31.4 Å². The van der Waals surface area contributed by atoms with Crippen molar-refractivity contribution in [3.8, 4) is 17.2 Å². The lowest BCUT2D eigenvalue weighted by Crippen LogP contribution is -2.37. The first kappa shape index (κ1) is 29.2. The summed E-state index contributed by atoms with van der Waals surface area (Å²) in [5.41, 5.74) is 2.80. The second-order valence-electron chi connectivity index (χ2n) is 9.59. The molecule has 4 aromatic carbocycles. The van der Waals surface area contributed by atoms with E-state index in [9.17, 15) is 14.9 Å². The predicted molar refractivity (Wildman–Crippen MR) is 160 cm³/mol. The van der Waals surface area contributed by atoms with Crippen molar-refractivity contribution in [3.05, 3.63) is 112 Å². The fourth-order valence-corrected chi connectivity index (χ4v) is 4.62. The van der Waals surface area contributed by atoms with E-state index in [0.717, 1.165) is 21.8 Å². The van der Waals surface area contributed by atoms with Crippen LogP contribution in [-0.2, 0) is 16.2 Å². The number of rotatable bonds is 15. The number of ether oxygens (including phenoxy) is 4. The minimum absolute atomic E-state index is 0.0967. The number of H-pyrrole nitrogens is 1. The zero-order valence-corrected chi connectivity index (χ0v) is 23.5. The van der Waals surface area contributed by atoms with Crippen LogP contribution in [-0.4, -0.2) is 55.6 Å². The maximum atomic E-state index is 13.0. The highest BCUT2D eigenvalue weighted by molar-refractivity contribution is 6.10. The zero-order chi connectivity index (χ0) is 30.0. The van der Waals surface area contributed by atoms with E-state index in [1.807, 2.05) is 66.7 Å². The van der Waals surface area contributed by atoms with Crippen molar-refractivity contribution in [3.63, 3.8) is 0 Å². The van der Waals surface area contributed by atoms with Crippen molar-refractivity contribution in [2.45, 2.75) is 12.7 Å². The molecule has 0 aliphatic rings. The molecule has 2 N–H and O–H groups in total. The van der Waals surface area contributed by atoms with Gasteiger partial charge in [-0.25, -0.2) is 4.79 Å². The molecule has 1 atom stereocenters. The molecule has 222 valence electrons. The molecule has 0 bridgehead atoms. The average Bonchev–Trinajstić information content (AvgIpc) is 3.42. The Hall–Kier alpha value is -5.29. The second kappa shape index (κ2) is 14.1. The molecule has 0 saturated heterocycles. The summed E-state index contributed by atoms with van der Waals surface area (Å²) in [4.78, 5) is 31.3. The Morgan fingerprint density at radius 2 is 1.60 bits per heavy atom. The van der Waals surface area contributed by atoms with Gasteiger partial charge in [-0.1, -0.05) is 48.5 Å². The average molecular weight is 586 g/mol. The number of carbonyl (C=O) groups excluding carboxylic acids is 1. The van der Waals surface area contributed by atoms with Gasteiger partial charge in [0, 0.05) is 29.4 Å². The number of fused-ring (bicyclic) bond motifs is 3. The molecule has 11 nitrogen and oxygen atoms in total. The lowest BCUT2D eigenvalue weighted by atomic mass is 10.1. The van der Waals surface area contributed by atoms with Crippen molar-refractivity contribution in [2.75, 3.05) is 33.4 Å². The lowest BCUT2D eigenvalue weighted by molar-refractivity contribution is -0.763. The molecule has 1 heterocycles. The van der Waals surface area contributed by atoms with Crippen molar-refractivity contribution >= 4 is 27.8 Å². The summed E-state index contributed by atoms with van der Waals surface area (Å²) in [6.07, 6.45) is -0.642. The van der Waals surface area contributed by atoms with Gasteiger partial charge < -0.3 is 34.1 Å². The van der Waals surface area contributed by atoms with Gasteiger partial charge in [-0.05, 0) is 48.0 Å². The normalized spacial score (nSPS) is 11.7. The van der Waals surface area contributed by atoms with Crippen LogP contribution < -0.4 is 19.5 Å². The summed E-state index contributed by atoms with van der Waals surface area (Å²) in [6, 6.07) is 27.4. The van der Waals surface area contributed by atoms with Crippen molar-refractivity contribution < 1.29 is 33.7 Å². The number of hydrogen-bond donors (Lipinski definition) is 2. The number of methoxy groups -OCH3 is 1. The third-order valence-electron chi connectivity index (χ3n) is 6.69. The van der Waals surface area contributed by atoms with Gasteiger partial charge >= 0.3 is 5.97 Å². The molecule has 5 rings (SSSR count). The van der Waals surface area contributed by atoms with Crippen molar-refractivity contribution in [2.24, 2.45) is 0 Å². The Balaban J connectivity index is 1.25. The topological polar surface area (TPSA) is 134 Å². The highest BCUT2D eigenvalue weighted by Crippen LogP contribution is 2.33. The predicted octanol–water partition coefficient (Wildman–Crippen LogP) is 5.31. The highest BCUT2D eigenvalue weighted by Gasteiger charge is 2.19. The van der Waals surface area contributed by atoms with Crippen LogP contribution in [0.1, 0.15) is 15.9 Å². The van der Waals surface area contributed by atoms with Crippen LogP contribution in [0.2, 0.25) is 0 Å². The molecular formula is C32H31N3O8. The van der Waals surface area contributed by atoms with Crippen LogP contribution in [0.25, 0.3) is 21.8 Å². The standard InChI is InChI=1S/C32H31N3O8/c1-39-28-10-4-5-11-29(28)40-18-17-33-19-24(43-32(36)23-15-13-22(14-16-23)20-42-35(37)38)21-41-30-12-6-9-27-31(30)25-7-2-3-8-26(25)34-27/h2-16,24,33-34H,17-21H2,1H3. The first-order valence-corrected chi connectivity index (χ1v) is 13.7. The lowest BCUT2D eigenvalue weighted by Gasteiger charge is -2.20. The highest BCUT2D eigenvalue weighted by atomic mass is 16.9. The fraction of sp³-hybridized carbons (Fsp3) is 0.219.